The van der Waals surface area contributed by atoms with Gasteiger partial charge in [0, 0.05) is 5.75 Å². The number of benzene rings is 5. The predicted octanol–water partition coefficient (Wildman–Crippen LogP) is 8.75. The zero-order chi connectivity index (χ0) is 32.9. The van der Waals surface area contributed by atoms with Gasteiger partial charge in [0.1, 0.15) is 12.4 Å². The van der Waals surface area contributed by atoms with Crippen LogP contribution >= 0.6 is 23.1 Å². The third-order valence-electron chi connectivity index (χ3n) is 7.96. The molecule has 0 radical (unpaired) electrons. The van der Waals surface area contributed by atoms with Crippen molar-refractivity contribution < 1.29 is 19.4 Å². The highest BCUT2D eigenvalue weighted by atomic mass is 32.2. The number of carbonyl (C=O) groups is 2. The molecule has 1 aliphatic rings. The summed E-state index contributed by atoms with van der Waals surface area (Å²) < 4.78 is 6.75. The van der Waals surface area contributed by atoms with Crippen LogP contribution in [-0.2, 0) is 21.9 Å². The molecule has 0 saturated carbocycles. The summed E-state index contributed by atoms with van der Waals surface area (Å²) >= 11 is 2.76. The van der Waals surface area contributed by atoms with Crippen molar-refractivity contribution in [1.82, 2.24) is 10.2 Å². The highest BCUT2D eigenvalue weighted by molar-refractivity contribution is 8.00. The Morgan fingerprint density at radius 1 is 0.875 bits per heavy atom. The van der Waals surface area contributed by atoms with Crippen LogP contribution in [0.15, 0.2) is 149 Å². The highest BCUT2D eigenvalue weighted by Crippen LogP contribution is 2.44. The first-order chi connectivity index (χ1) is 23.5. The summed E-state index contributed by atoms with van der Waals surface area (Å²) in [7, 11) is 0. The van der Waals surface area contributed by atoms with Crippen LogP contribution < -0.4 is 9.64 Å². The zero-order valence-corrected chi connectivity index (χ0v) is 27.2. The first-order valence-electron chi connectivity index (χ1n) is 15.3. The van der Waals surface area contributed by atoms with Crippen LogP contribution in [0.4, 0.5) is 5.13 Å². The van der Waals surface area contributed by atoms with E-state index in [9.17, 15) is 14.7 Å². The Balaban J connectivity index is 1.19. The van der Waals surface area contributed by atoms with Gasteiger partial charge in [0.05, 0.1) is 11.6 Å². The molecule has 0 saturated heterocycles. The number of aromatic nitrogens is 2. The molecule has 236 valence electrons. The Morgan fingerprint density at radius 3 is 2.44 bits per heavy atom. The summed E-state index contributed by atoms with van der Waals surface area (Å²) in [4.78, 5) is 28.9. The topological polar surface area (TPSA) is 92.6 Å². The van der Waals surface area contributed by atoms with E-state index in [1.807, 2.05) is 91.0 Å². The Labute approximate surface area is 285 Å². The Bertz CT molecular complexity index is 2160. The van der Waals surface area contributed by atoms with E-state index >= 15 is 0 Å². The number of nitrogens with zero attached hydrogens (tertiary/aromatic N) is 3. The number of ketones is 1. The molecule has 0 bridgehead atoms. The van der Waals surface area contributed by atoms with Crippen LogP contribution in [0.25, 0.3) is 16.8 Å². The van der Waals surface area contributed by atoms with Gasteiger partial charge in [-0.3, -0.25) is 14.5 Å². The fourth-order valence-electron chi connectivity index (χ4n) is 5.63. The number of allylic oxidation sites excluding steroid dienone is 1. The number of aliphatic hydroxyl groups excluding tert-OH is 1. The normalized spacial score (nSPS) is 14.7. The summed E-state index contributed by atoms with van der Waals surface area (Å²) in [6.07, 6.45) is 3.05. The Morgan fingerprint density at radius 2 is 1.60 bits per heavy atom. The van der Waals surface area contributed by atoms with Gasteiger partial charge in [-0.2, -0.15) is 0 Å². The molecular formula is C39H29N3O4S2. The molecule has 7 rings (SSSR count). The molecule has 1 atom stereocenters. The van der Waals surface area contributed by atoms with E-state index < -0.39 is 23.5 Å². The van der Waals surface area contributed by atoms with Gasteiger partial charge in [-0.05, 0) is 51.2 Å². The number of thioether (sulfide) groups is 1. The van der Waals surface area contributed by atoms with E-state index in [-0.39, 0.29) is 10.7 Å². The van der Waals surface area contributed by atoms with E-state index in [1.165, 1.54) is 39.5 Å². The number of carbonyl (C=O) groups excluding carboxylic acids is 2. The molecule has 1 aromatic heterocycles. The predicted molar refractivity (Wildman–Crippen MR) is 191 cm³/mol. The van der Waals surface area contributed by atoms with Crippen molar-refractivity contribution in [2.24, 2.45) is 0 Å². The van der Waals surface area contributed by atoms with Crippen LogP contribution in [0.5, 0.6) is 5.75 Å². The van der Waals surface area contributed by atoms with E-state index in [0.29, 0.717) is 28.0 Å². The number of rotatable bonds is 11. The van der Waals surface area contributed by atoms with Gasteiger partial charge in [-0.1, -0.05) is 144 Å². The molecule has 0 fully saturated rings. The average Bonchev–Trinajstić information content (AvgIpc) is 3.71. The highest BCUT2D eigenvalue weighted by Gasteiger charge is 2.45. The molecule has 9 heteroatoms. The lowest BCUT2D eigenvalue weighted by Crippen LogP contribution is -2.30. The number of anilines is 1. The second kappa shape index (κ2) is 14.1. The lowest BCUT2D eigenvalue weighted by atomic mass is 9.95. The second-order valence-corrected chi connectivity index (χ2v) is 13.3. The monoisotopic (exact) mass is 667 g/mol. The number of aliphatic hydroxyl groups is 1. The average molecular weight is 668 g/mol. The van der Waals surface area contributed by atoms with Crippen molar-refractivity contribution in [3.63, 3.8) is 0 Å². The number of amides is 1. The quantitative estimate of drug-likeness (QED) is 0.0839. The maximum absolute atomic E-state index is 13.8. The summed E-state index contributed by atoms with van der Waals surface area (Å²) in [5.74, 6) is -0.591. The minimum atomic E-state index is -0.949. The minimum Gasteiger partial charge on any atom is -0.503 e. The summed E-state index contributed by atoms with van der Waals surface area (Å²) in [6, 6.07) is 39.9. The third kappa shape index (κ3) is 6.64. The van der Waals surface area contributed by atoms with Gasteiger partial charge >= 0.3 is 0 Å². The summed E-state index contributed by atoms with van der Waals surface area (Å²) in [5.41, 5.74) is 3.54. The van der Waals surface area contributed by atoms with Crippen LogP contribution in [0.3, 0.4) is 0 Å². The van der Waals surface area contributed by atoms with Crippen molar-refractivity contribution in [2.45, 2.75) is 22.7 Å². The molecular weight excluding hydrogens is 639 g/mol. The maximum atomic E-state index is 13.8. The maximum Gasteiger partial charge on any atom is 0.296 e. The first kappa shape index (κ1) is 31.1. The van der Waals surface area contributed by atoms with E-state index in [1.54, 1.807) is 18.2 Å². The lowest BCUT2D eigenvalue weighted by Gasteiger charge is -2.24. The van der Waals surface area contributed by atoms with Gasteiger partial charge < -0.3 is 9.84 Å². The third-order valence-corrected chi connectivity index (χ3v) is 10.1. The second-order valence-electron chi connectivity index (χ2n) is 11.1. The molecule has 5 aromatic carbocycles. The number of hydrogen-bond donors (Lipinski definition) is 1. The minimum absolute atomic E-state index is 0.0347. The summed E-state index contributed by atoms with van der Waals surface area (Å²) in [6.45, 7) is 0.345. The molecule has 2 heterocycles. The molecule has 1 N–H and O–H groups in total. The molecule has 6 aromatic rings. The fourth-order valence-corrected chi connectivity index (χ4v) is 7.50. The van der Waals surface area contributed by atoms with Gasteiger partial charge in [0.2, 0.25) is 5.13 Å². The number of ether oxygens (including phenoxy) is 1. The van der Waals surface area contributed by atoms with Gasteiger partial charge in [-0.25, -0.2) is 0 Å². The first-order valence-corrected chi connectivity index (χ1v) is 17.1. The largest absolute Gasteiger partial charge is 0.503 e. The number of hydrogen-bond acceptors (Lipinski definition) is 8. The van der Waals surface area contributed by atoms with Crippen molar-refractivity contribution in [1.29, 1.82) is 0 Å². The van der Waals surface area contributed by atoms with Crippen LogP contribution in [-0.4, -0.2) is 27.0 Å². The van der Waals surface area contributed by atoms with Crippen LogP contribution in [0.2, 0.25) is 0 Å². The SMILES string of the molecule is O=C(/C=C/c1ccccc1)C1=C(O)C(=O)N(c2nnc(SCc3cccc4ccccc34)s2)C1c1cccc(OCc2ccccc2)c1. The molecule has 0 aliphatic carbocycles. The van der Waals surface area contributed by atoms with Crippen molar-refractivity contribution in [2.75, 3.05) is 4.90 Å². The summed E-state index contributed by atoms with van der Waals surface area (Å²) in [5, 5.41) is 22.6. The van der Waals surface area contributed by atoms with Gasteiger partial charge in [-0.15, -0.1) is 10.2 Å². The fraction of sp³-hybridized carbons (Fsp3) is 0.0769. The molecule has 48 heavy (non-hydrogen) atoms. The Hall–Kier alpha value is -5.51. The lowest BCUT2D eigenvalue weighted by molar-refractivity contribution is -0.117. The van der Waals surface area contributed by atoms with E-state index in [2.05, 4.69) is 34.5 Å². The number of fused-ring (bicyclic) bond motifs is 1. The van der Waals surface area contributed by atoms with Crippen molar-refractivity contribution >= 4 is 56.8 Å². The van der Waals surface area contributed by atoms with Crippen molar-refractivity contribution in [3.8, 4) is 5.75 Å². The van der Waals surface area contributed by atoms with Crippen molar-refractivity contribution in [3.05, 3.63) is 167 Å². The van der Waals surface area contributed by atoms with Crippen LogP contribution in [0.1, 0.15) is 28.3 Å². The molecule has 1 unspecified atom stereocenters. The standard InChI is InChI=1S/C39H29N3O4S2/c43-33(22-21-26-11-3-1-4-12-26)34-35(29-17-10-19-31(23-29)46-24-27-13-5-2-6-14-27)42(37(45)36(34)44)38-40-41-39(48-38)47-25-30-18-9-16-28-15-7-8-20-32(28)30/h1-23,35,44H,24-25H2/b22-21+. The molecule has 1 amide bonds. The van der Waals surface area contributed by atoms with Crippen LogP contribution in [0, 0.1) is 0 Å². The van der Waals surface area contributed by atoms with Gasteiger partial charge in [0.15, 0.2) is 15.9 Å². The molecule has 0 spiro atoms. The molecule has 1 aliphatic heterocycles. The molecule has 7 nitrogen and oxygen atoms in total. The van der Waals surface area contributed by atoms with E-state index in [4.69, 9.17) is 4.74 Å². The smallest absolute Gasteiger partial charge is 0.296 e. The van der Waals surface area contributed by atoms with E-state index in [0.717, 1.165) is 22.1 Å². The Kier molecular flexibility index (Phi) is 9.13. The zero-order valence-electron chi connectivity index (χ0n) is 25.6. The van der Waals surface area contributed by atoms with Gasteiger partial charge in [0.25, 0.3) is 5.91 Å².